The maximum Gasteiger partial charge on any atom is 0.0138 e. The van der Waals surface area contributed by atoms with Gasteiger partial charge in [0.25, 0.3) is 0 Å². The van der Waals surface area contributed by atoms with E-state index < -0.39 is 0 Å². The second-order valence-electron chi connectivity index (χ2n) is 6.57. The third-order valence-electron chi connectivity index (χ3n) is 4.00. The zero-order valence-electron chi connectivity index (χ0n) is 11.8. The highest BCUT2D eigenvalue weighted by Gasteiger charge is 2.34. The van der Waals surface area contributed by atoms with Crippen molar-refractivity contribution in [2.24, 2.45) is 11.8 Å². The van der Waals surface area contributed by atoms with E-state index in [4.69, 9.17) is 0 Å². The summed E-state index contributed by atoms with van der Waals surface area (Å²) in [7, 11) is 0. The fourth-order valence-electron chi connectivity index (χ4n) is 2.99. The topological polar surface area (TPSA) is 3.24 Å². The molecule has 0 bridgehead atoms. The van der Waals surface area contributed by atoms with Gasteiger partial charge in [-0.1, -0.05) is 19.9 Å². The summed E-state index contributed by atoms with van der Waals surface area (Å²) in [6, 6.07) is 0.707. The van der Waals surface area contributed by atoms with E-state index >= 15 is 0 Å². The van der Waals surface area contributed by atoms with Crippen molar-refractivity contribution in [2.75, 3.05) is 6.54 Å². The third-order valence-corrected chi connectivity index (χ3v) is 4.00. The minimum absolute atomic E-state index is 0.301. The van der Waals surface area contributed by atoms with Gasteiger partial charge in [0.1, 0.15) is 0 Å². The van der Waals surface area contributed by atoms with Gasteiger partial charge in [-0.05, 0) is 58.4 Å². The molecule has 1 unspecified atom stereocenters. The molecule has 1 heteroatoms. The van der Waals surface area contributed by atoms with E-state index in [9.17, 15) is 0 Å². The summed E-state index contributed by atoms with van der Waals surface area (Å²) in [6.45, 7) is 16.9. The molecule has 0 aromatic rings. The Bertz CT molecular complexity index is 224. The molecule has 1 fully saturated rings. The van der Waals surface area contributed by atoms with Crippen LogP contribution in [-0.2, 0) is 0 Å². The Morgan fingerprint density at radius 3 is 2.44 bits per heavy atom. The molecule has 0 amide bonds. The number of piperidine rings is 1. The number of nitrogens with zero attached hydrogens (tertiary/aromatic N) is 1. The van der Waals surface area contributed by atoms with Crippen molar-refractivity contribution in [3.8, 4) is 0 Å². The molecule has 1 saturated heterocycles. The van der Waals surface area contributed by atoms with Crippen LogP contribution in [0.15, 0.2) is 12.7 Å². The van der Waals surface area contributed by atoms with Crippen LogP contribution in [-0.4, -0.2) is 23.0 Å². The molecule has 1 aliphatic heterocycles. The Morgan fingerprint density at radius 1 is 1.38 bits per heavy atom. The summed E-state index contributed by atoms with van der Waals surface area (Å²) in [5.41, 5.74) is 0.301. The van der Waals surface area contributed by atoms with Gasteiger partial charge < -0.3 is 0 Å². The second-order valence-corrected chi connectivity index (χ2v) is 6.57. The maximum atomic E-state index is 3.91. The monoisotopic (exact) mass is 223 g/mol. The standard InChI is InChI=1S/C15H29N/c1-7-8-14-11-13(12(2)3)9-10-16(14)15(4,5)6/h7,12-14H,1,8-11H2,2-6H3/t13?,14-/m0/s1. The van der Waals surface area contributed by atoms with E-state index in [0.717, 1.165) is 18.3 Å². The van der Waals surface area contributed by atoms with Crippen molar-refractivity contribution in [3.63, 3.8) is 0 Å². The summed E-state index contributed by atoms with van der Waals surface area (Å²) in [5.74, 6) is 1.73. The predicted molar refractivity (Wildman–Crippen MR) is 72.6 cm³/mol. The van der Waals surface area contributed by atoms with Crippen molar-refractivity contribution in [2.45, 2.75) is 65.5 Å². The lowest BCUT2D eigenvalue weighted by molar-refractivity contribution is 0.0215. The fourth-order valence-corrected chi connectivity index (χ4v) is 2.99. The van der Waals surface area contributed by atoms with E-state index in [-0.39, 0.29) is 0 Å². The highest BCUT2D eigenvalue weighted by molar-refractivity contribution is 4.92. The number of hydrogen-bond donors (Lipinski definition) is 0. The van der Waals surface area contributed by atoms with Crippen LogP contribution in [0.3, 0.4) is 0 Å². The van der Waals surface area contributed by atoms with Crippen LogP contribution in [0.1, 0.15) is 53.9 Å². The maximum absolute atomic E-state index is 3.91. The SMILES string of the molecule is C=CC[C@H]1CC(C(C)C)CCN1C(C)(C)C. The molecule has 0 aliphatic carbocycles. The van der Waals surface area contributed by atoms with Crippen LogP contribution >= 0.6 is 0 Å². The Hall–Kier alpha value is -0.300. The summed E-state index contributed by atoms with van der Waals surface area (Å²) < 4.78 is 0. The molecular weight excluding hydrogens is 194 g/mol. The molecule has 0 spiro atoms. The quantitative estimate of drug-likeness (QED) is 0.651. The van der Waals surface area contributed by atoms with Crippen molar-refractivity contribution >= 4 is 0 Å². The molecule has 0 N–H and O–H groups in total. The van der Waals surface area contributed by atoms with Crippen molar-refractivity contribution in [1.82, 2.24) is 4.90 Å². The molecule has 1 nitrogen and oxygen atoms in total. The largest absolute Gasteiger partial charge is 0.295 e. The van der Waals surface area contributed by atoms with Crippen LogP contribution in [0.25, 0.3) is 0 Å². The highest BCUT2D eigenvalue weighted by Crippen LogP contribution is 2.34. The van der Waals surface area contributed by atoms with Gasteiger partial charge in [-0.15, -0.1) is 6.58 Å². The first-order valence-corrected chi connectivity index (χ1v) is 6.74. The van der Waals surface area contributed by atoms with Crippen LogP contribution in [0.4, 0.5) is 0 Å². The highest BCUT2D eigenvalue weighted by atomic mass is 15.2. The first-order chi connectivity index (χ1) is 7.36. The summed E-state index contributed by atoms with van der Waals surface area (Å²) in [5, 5.41) is 0. The second kappa shape index (κ2) is 5.35. The molecule has 94 valence electrons. The molecule has 1 heterocycles. The van der Waals surface area contributed by atoms with E-state index in [2.05, 4.69) is 52.2 Å². The zero-order chi connectivity index (χ0) is 12.3. The van der Waals surface area contributed by atoms with Crippen molar-refractivity contribution in [1.29, 1.82) is 0 Å². The Labute approximate surface area is 102 Å². The Balaban J connectivity index is 2.71. The van der Waals surface area contributed by atoms with Crippen LogP contribution < -0.4 is 0 Å². The van der Waals surface area contributed by atoms with E-state index in [0.29, 0.717) is 11.6 Å². The molecule has 0 aromatic heterocycles. The van der Waals surface area contributed by atoms with Gasteiger partial charge in [-0.25, -0.2) is 0 Å². The van der Waals surface area contributed by atoms with Gasteiger partial charge >= 0.3 is 0 Å². The molecule has 0 aromatic carbocycles. The average Bonchev–Trinajstić information content (AvgIpc) is 2.16. The van der Waals surface area contributed by atoms with Crippen molar-refractivity contribution in [3.05, 3.63) is 12.7 Å². The lowest BCUT2D eigenvalue weighted by atomic mass is 9.80. The van der Waals surface area contributed by atoms with Crippen LogP contribution in [0.2, 0.25) is 0 Å². The smallest absolute Gasteiger partial charge is 0.0138 e. The van der Waals surface area contributed by atoms with Gasteiger partial charge in [-0.2, -0.15) is 0 Å². The number of rotatable bonds is 3. The first kappa shape index (κ1) is 13.8. The van der Waals surface area contributed by atoms with Crippen LogP contribution in [0.5, 0.6) is 0 Å². The van der Waals surface area contributed by atoms with E-state index in [1.54, 1.807) is 0 Å². The molecular formula is C15H29N. The van der Waals surface area contributed by atoms with E-state index in [1.807, 2.05) is 0 Å². The molecule has 16 heavy (non-hydrogen) atoms. The predicted octanol–water partition coefficient (Wildman–Crippen LogP) is 4.10. The zero-order valence-corrected chi connectivity index (χ0v) is 11.8. The minimum Gasteiger partial charge on any atom is -0.295 e. The van der Waals surface area contributed by atoms with Gasteiger partial charge in [0, 0.05) is 11.6 Å². The average molecular weight is 223 g/mol. The summed E-state index contributed by atoms with van der Waals surface area (Å²) in [4.78, 5) is 2.67. The van der Waals surface area contributed by atoms with Crippen LogP contribution in [0, 0.1) is 11.8 Å². The Morgan fingerprint density at radius 2 is 2.00 bits per heavy atom. The van der Waals surface area contributed by atoms with Gasteiger partial charge in [0.2, 0.25) is 0 Å². The lowest BCUT2D eigenvalue weighted by Crippen LogP contribution is -2.52. The molecule has 0 radical (unpaired) electrons. The van der Waals surface area contributed by atoms with Gasteiger partial charge in [-0.3, -0.25) is 4.90 Å². The minimum atomic E-state index is 0.301. The van der Waals surface area contributed by atoms with E-state index in [1.165, 1.54) is 19.4 Å². The van der Waals surface area contributed by atoms with Gasteiger partial charge in [0.15, 0.2) is 0 Å². The molecule has 2 atom stereocenters. The number of hydrogen-bond acceptors (Lipinski definition) is 1. The first-order valence-electron chi connectivity index (χ1n) is 6.74. The molecule has 1 rings (SSSR count). The summed E-state index contributed by atoms with van der Waals surface area (Å²) >= 11 is 0. The third kappa shape index (κ3) is 3.35. The molecule has 1 aliphatic rings. The van der Waals surface area contributed by atoms with Crippen molar-refractivity contribution < 1.29 is 0 Å². The Kier molecular flexibility index (Phi) is 4.61. The summed E-state index contributed by atoms with van der Waals surface area (Å²) in [6.07, 6.45) is 5.94. The fraction of sp³-hybridized carbons (Fsp3) is 0.867. The number of likely N-dealkylation sites (tertiary alicyclic amines) is 1. The lowest BCUT2D eigenvalue weighted by Gasteiger charge is -2.47. The van der Waals surface area contributed by atoms with Gasteiger partial charge in [0.05, 0.1) is 0 Å². The normalized spacial score (nSPS) is 28.4. The molecule has 0 saturated carbocycles.